The van der Waals surface area contributed by atoms with Crippen LogP contribution in [0.1, 0.15) is 36.0 Å². The molecular formula is C16H21FN2O3S. The summed E-state index contributed by atoms with van der Waals surface area (Å²) in [5, 5.41) is 2.90. The molecule has 23 heavy (non-hydrogen) atoms. The van der Waals surface area contributed by atoms with E-state index in [1.807, 2.05) is 0 Å². The number of fused-ring (bicyclic) bond motifs is 1. The van der Waals surface area contributed by atoms with Gasteiger partial charge in [-0.3, -0.25) is 9.69 Å². The van der Waals surface area contributed by atoms with Crippen LogP contribution in [0.15, 0.2) is 23.1 Å². The van der Waals surface area contributed by atoms with Gasteiger partial charge in [-0.1, -0.05) is 6.42 Å². The van der Waals surface area contributed by atoms with Crippen LogP contribution in [-0.4, -0.2) is 50.7 Å². The molecule has 0 aliphatic carbocycles. The van der Waals surface area contributed by atoms with Gasteiger partial charge in [0, 0.05) is 24.9 Å². The van der Waals surface area contributed by atoms with E-state index in [0.29, 0.717) is 6.04 Å². The second kappa shape index (κ2) is 6.20. The number of sulfone groups is 1. The number of hydrogen-bond acceptors (Lipinski definition) is 4. The van der Waals surface area contributed by atoms with Gasteiger partial charge in [0.05, 0.1) is 10.5 Å². The highest BCUT2D eigenvalue weighted by molar-refractivity contribution is 7.90. The van der Waals surface area contributed by atoms with E-state index in [-0.39, 0.29) is 16.5 Å². The first-order chi connectivity index (χ1) is 10.9. The summed E-state index contributed by atoms with van der Waals surface area (Å²) >= 11 is 0. The predicted molar refractivity (Wildman–Crippen MR) is 84.6 cm³/mol. The molecule has 7 heteroatoms. The normalized spacial score (nSPS) is 25.1. The first kappa shape index (κ1) is 16.4. The minimum absolute atomic E-state index is 0.00379. The van der Waals surface area contributed by atoms with Crippen LogP contribution in [0.2, 0.25) is 0 Å². The molecule has 0 unspecified atom stereocenters. The summed E-state index contributed by atoms with van der Waals surface area (Å²) in [6.07, 6.45) is 5.26. The van der Waals surface area contributed by atoms with Crippen LogP contribution in [-0.2, 0) is 9.84 Å². The number of amides is 1. The largest absolute Gasteiger partial charge is 0.348 e. The average Bonchev–Trinajstić information content (AvgIpc) is 2.90. The summed E-state index contributed by atoms with van der Waals surface area (Å²) in [5.74, 6) is -1.24. The number of nitrogens with zero attached hydrogens (tertiary/aromatic N) is 1. The third-order valence-electron chi connectivity index (χ3n) is 4.78. The fraction of sp³-hybridized carbons (Fsp3) is 0.562. The Morgan fingerprint density at radius 3 is 2.78 bits per heavy atom. The summed E-state index contributed by atoms with van der Waals surface area (Å²) in [4.78, 5) is 14.7. The maximum absolute atomic E-state index is 13.9. The van der Waals surface area contributed by atoms with Crippen molar-refractivity contribution in [2.24, 2.45) is 0 Å². The van der Waals surface area contributed by atoms with Gasteiger partial charge >= 0.3 is 0 Å². The highest BCUT2D eigenvalue weighted by Crippen LogP contribution is 2.27. The van der Waals surface area contributed by atoms with Crippen LogP contribution in [0, 0.1) is 5.82 Å². The van der Waals surface area contributed by atoms with Gasteiger partial charge < -0.3 is 5.32 Å². The Kier molecular flexibility index (Phi) is 4.42. The molecule has 126 valence electrons. The number of piperidine rings is 1. The molecule has 2 fully saturated rings. The van der Waals surface area contributed by atoms with E-state index in [1.54, 1.807) is 0 Å². The van der Waals surface area contributed by atoms with Crippen molar-refractivity contribution in [1.29, 1.82) is 0 Å². The maximum atomic E-state index is 13.9. The van der Waals surface area contributed by atoms with Crippen molar-refractivity contribution >= 4 is 15.7 Å². The van der Waals surface area contributed by atoms with Crippen LogP contribution in [0.5, 0.6) is 0 Å². The lowest BCUT2D eigenvalue weighted by molar-refractivity contribution is 0.0911. The van der Waals surface area contributed by atoms with Crippen molar-refractivity contribution in [3.63, 3.8) is 0 Å². The predicted octanol–water partition coefficient (Wildman–Crippen LogP) is 1.59. The van der Waals surface area contributed by atoms with Crippen LogP contribution < -0.4 is 5.32 Å². The first-order valence-corrected chi connectivity index (χ1v) is 9.80. The Hall–Kier alpha value is -1.47. The Morgan fingerprint density at radius 1 is 1.26 bits per heavy atom. The first-order valence-electron chi connectivity index (χ1n) is 7.91. The number of rotatable bonds is 3. The Labute approximate surface area is 135 Å². The smallest absolute Gasteiger partial charge is 0.254 e. The van der Waals surface area contributed by atoms with Crippen molar-refractivity contribution in [2.75, 3.05) is 19.3 Å². The van der Waals surface area contributed by atoms with Gasteiger partial charge in [-0.25, -0.2) is 12.8 Å². The molecule has 3 rings (SSSR count). The van der Waals surface area contributed by atoms with Crippen LogP contribution >= 0.6 is 0 Å². The third kappa shape index (κ3) is 3.40. The molecular weight excluding hydrogens is 319 g/mol. The van der Waals surface area contributed by atoms with Gasteiger partial charge in [0.1, 0.15) is 5.82 Å². The number of halogens is 1. The van der Waals surface area contributed by atoms with Crippen molar-refractivity contribution in [1.82, 2.24) is 10.2 Å². The molecule has 2 atom stereocenters. The molecule has 1 aromatic carbocycles. The van der Waals surface area contributed by atoms with Crippen molar-refractivity contribution in [2.45, 2.75) is 42.7 Å². The molecule has 1 N–H and O–H groups in total. The second-order valence-electron chi connectivity index (χ2n) is 6.38. The Balaban J connectivity index is 1.78. The molecule has 0 radical (unpaired) electrons. The van der Waals surface area contributed by atoms with Gasteiger partial charge in [-0.2, -0.15) is 0 Å². The van der Waals surface area contributed by atoms with E-state index in [9.17, 15) is 17.6 Å². The molecule has 1 amide bonds. The van der Waals surface area contributed by atoms with Crippen LogP contribution in [0.25, 0.3) is 0 Å². The van der Waals surface area contributed by atoms with Gasteiger partial charge in [-0.15, -0.1) is 0 Å². The summed E-state index contributed by atoms with van der Waals surface area (Å²) in [5.41, 5.74) is -0.206. The molecule has 5 nitrogen and oxygen atoms in total. The molecule has 0 aromatic heterocycles. The average molecular weight is 340 g/mol. The summed E-state index contributed by atoms with van der Waals surface area (Å²) in [7, 11) is -3.48. The quantitative estimate of drug-likeness (QED) is 0.849. The SMILES string of the molecule is CS(=O)(=O)c1ccc(F)c(C(=O)N[C@H]2CCN3CCCC[C@H]23)c1. The number of benzene rings is 1. The van der Waals surface area contributed by atoms with Crippen molar-refractivity contribution in [3.05, 3.63) is 29.6 Å². The summed E-state index contributed by atoms with van der Waals surface area (Å²) in [6.45, 7) is 2.00. The number of hydrogen-bond donors (Lipinski definition) is 1. The summed E-state index contributed by atoms with van der Waals surface area (Å²) < 4.78 is 37.1. The number of carbonyl (C=O) groups excluding carboxylic acids is 1. The van der Waals surface area contributed by atoms with E-state index >= 15 is 0 Å². The number of carbonyl (C=O) groups is 1. The highest BCUT2D eigenvalue weighted by Gasteiger charge is 2.36. The second-order valence-corrected chi connectivity index (χ2v) is 8.40. The minimum Gasteiger partial charge on any atom is -0.348 e. The monoisotopic (exact) mass is 340 g/mol. The molecule has 1 aromatic rings. The lowest BCUT2D eigenvalue weighted by Crippen LogP contribution is -2.46. The molecule has 0 bridgehead atoms. The van der Waals surface area contributed by atoms with Crippen molar-refractivity contribution < 1.29 is 17.6 Å². The zero-order chi connectivity index (χ0) is 16.6. The number of nitrogens with one attached hydrogen (secondary N) is 1. The lowest BCUT2D eigenvalue weighted by Gasteiger charge is -2.32. The summed E-state index contributed by atoms with van der Waals surface area (Å²) in [6, 6.07) is 3.65. The van der Waals surface area contributed by atoms with E-state index in [2.05, 4.69) is 10.2 Å². The Bertz CT molecular complexity index is 720. The topological polar surface area (TPSA) is 66.5 Å². The maximum Gasteiger partial charge on any atom is 0.254 e. The highest BCUT2D eigenvalue weighted by atomic mass is 32.2. The zero-order valence-electron chi connectivity index (χ0n) is 13.1. The molecule has 0 spiro atoms. The van der Waals surface area contributed by atoms with Crippen LogP contribution in [0.3, 0.4) is 0 Å². The van der Waals surface area contributed by atoms with E-state index in [1.165, 1.54) is 12.5 Å². The third-order valence-corrected chi connectivity index (χ3v) is 5.89. The molecule has 2 saturated heterocycles. The van der Waals surface area contributed by atoms with Gasteiger partial charge in [-0.05, 0) is 44.0 Å². The zero-order valence-corrected chi connectivity index (χ0v) is 13.9. The van der Waals surface area contributed by atoms with Gasteiger partial charge in [0.15, 0.2) is 9.84 Å². The van der Waals surface area contributed by atoms with Gasteiger partial charge in [0.2, 0.25) is 0 Å². The van der Waals surface area contributed by atoms with E-state index < -0.39 is 21.6 Å². The lowest BCUT2D eigenvalue weighted by atomic mass is 9.99. The molecule has 2 aliphatic rings. The minimum atomic E-state index is -3.48. The van der Waals surface area contributed by atoms with Gasteiger partial charge in [0.25, 0.3) is 5.91 Å². The van der Waals surface area contributed by atoms with E-state index in [4.69, 9.17) is 0 Å². The molecule has 2 aliphatic heterocycles. The molecule has 2 heterocycles. The van der Waals surface area contributed by atoms with E-state index in [0.717, 1.165) is 50.7 Å². The van der Waals surface area contributed by atoms with Crippen LogP contribution in [0.4, 0.5) is 4.39 Å². The standard InChI is InChI=1S/C16H21FN2O3S/c1-23(21,22)11-5-6-13(17)12(10-11)16(20)18-14-7-9-19-8-3-2-4-15(14)19/h5-6,10,14-15H,2-4,7-9H2,1H3,(H,18,20)/t14-,15+/m0/s1. The molecule has 0 saturated carbocycles. The Morgan fingerprint density at radius 2 is 2.04 bits per heavy atom. The fourth-order valence-electron chi connectivity index (χ4n) is 3.57. The fourth-order valence-corrected chi connectivity index (χ4v) is 4.22. The van der Waals surface area contributed by atoms with Crippen molar-refractivity contribution in [3.8, 4) is 0 Å².